The highest BCUT2D eigenvalue weighted by Gasteiger charge is 2.26. The Hall–Kier alpha value is -2.73. The molecular formula is C22H26FN5. The van der Waals surface area contributed by atoms with Gasteiger partial charge in [0.25, 0.3) is 0 Å². The normalized spacial score (nSPS) is 16.4. The molecular weight excluding hydrogens is 353 g/mol. The predicted molar refractivity (Wildman–Crippen MR) is 110 cm³/mol. The molecule has 0 spiro atoms. The number of rotatable bonds is 4. The lowest BCUT2D eigenvalue weighted by atomic mass is 10.0. The van der Waals surface area contributed by atoms with E-state index in [0.717, 1.165) is 54.5 Å². The van der Waals surface area contributed by atoms with Gasteiger partial charge in [-0.1, -0.05) is 0 Å². The van der Waals surface area contributed by atoms with Gasteiger partial charge in [0.15, 0.2) is 0 Å². The van der Waals surface area contributed by atoms with Gasteiger partial charge in [-0.3, -0.25) is 15.0 Å². The van der Waals surface area contributed by atoms with Crippen molar-refractivity contribution in [3.8, 4) is 11.3 Å². The molecule has 0 saturated carbocycles. The van der Waals surface area contributed by atoms with Crippen LogP contribution in [0.25, 0.3) is 11.3 Å². The summed E-state index contributed by atoms with van der Waals surface area (Å²) in [6.45, 7) is 10.2. The standard InChI is InChI=1S/C22H26FN5/c1-15-21(16(2)26-25-15)17(3)27-11-13-28(14-12-27)20-5-4-10-24-22(20)18-6-8-19(23)9-7-18/h4-10,17H,11-14H2,1-3H3,(H,25,26). The summed E-state index contributed by atoms with van der Waals surface area (Å²) in [5.74, 6) is -0.228. The molecule has 1 aliphatic heterocycles. The lowest BCUT2D eigenvalue weighted by Gasteiger charge is -2.39. The number of piperazine rings is 1. The SMILES string of the molecule is Cc1n[nH]c(C)c1C(C)N1CCN(c2cccnc2-c2ccc(F)cc2)CC1. The number of benzene rings is 1. The van der Waals surface area contributed by atoms with Crippen LogP contribution in [0.3, 0.4) is 0 Å². The molecule has 0 aliphatic carbocycles. The average Bonchev–Trinajstić information content (AvgIpc) is 3.06. The molecule has 4 rings (SSSR count). The van der Waals surface area contributed by atoms with Crippen LogP contribution in [0, 0.1) is 19.7 Å². The first kappa shape index (κ1) is 18.6. The molecule has 1 atom stereocenters. The first-order valence-corrected chi connectivity index (χ1v) is 9.76. The van der Waals surface area contributed by atoms with Crippen molar-refractivity contribution >= 4 is 5.69 Å². The third-order valence-corrected chi connectivity index (χ3v) is 5.71. The maximum atomic E-state index is 13.3. The molecule has 1 aliphatic rings. The van der Waals surface area contributed by atoms with Crippen molar-refractivity contribution in [3.05, 3.63) is 65.4 Å². The number of H-pyrrole nitrogens is 1. The van der Waals surface area contributed by atoms with Crippen LogP contribution >= 0.6 is 0 Å². The number of aromatic nitrogens is 3. The maximum Gasteiger partial charge on any atom is 0.123 e. The molecule has 3 heterocycles. The van der Waals surface area contributed by atoms with Gasteiger partial charge >= 0.3 is 0 Å². The van der Waals surface area contributed by atoms with Crippen LogP contribution in [-0.2, 0) is 0 Å². The molecule has 0 amide bonds. The van der Waals surface area contributed by atoms with Crippen molar-refractivity contribution in [1.29, 1.82) is 0 Å². The first-order chi connectivity index (χ1) is 13.5. The van der Waals surface area contributed by atoms with E-state index in [1.165, 1.54) is 17.7 Å². The number of nitrogens with zero attached hydrogens (tertiary/aromatic N) is 4. The van der Waals surface area contributed by atoms with Crippen molar-refractivity contribution < 1.29 is 4.39 Å². The number of anilines is 1. The minimum atomic E-state index is -0.228. The molecule has 3 aromatic rings. The lowest BCUT2D eigenvalue weighted by Crippen LogP contribution is -2.47. The molecule has 1 N–H and O–H groups in total. The Morgan fingerprint density at radius 2 is 1.75 bits per heavy atom. The van der Waals surface area contributed by atoms with Crippen molar-refractivity contribution in [1.82, 2.24) is 20.1 Å². The second kappa shape index (κ2) is 7.72. The van der Waals surface area contributed by atoms with Crippen LogP contribution in [-0.4, -0.2) is 46.3 Å². The summed E-state index contributed by atoms with van der Waals surface area (Å²) < 4.78 is 13.3. The Balaban J connectivity index is 1.51. The zero-order chi connectivity index (χ0) is 19.7. The van der Waals surface area contributed by atoms with E-state index in [0.29, 0.717) is 6.04 Å². The van der Waals surface area contributed by atoms with E-state index in [2.05, 4.69) is 51.8 Å². The minimum Gasteiger partial charge on any atom is -0.367 e. The van der Waals surface area contributed by atoms with Crippen molar-refractivity contribution in [2.75, 3.05) is 31.1 Å². The topological polar surface area (TPSA) is 48.1 Å². The molecule has 1 aromatic carbocycles. The highest BCUT2D eigenvalue weighted by molar-refractivity contribution is 5.75. The molecule has 1 saturated heterocycles. The van der Waals surface area contributed by atoms with Crippen LogP contribution in [0.1, 0.15) is 29.9 Å². The molecule has 28 heavy (non-hydrogen) atoms. The summed E-state index contributed by atoms with van der Waals surface area (Å²) in [5.41, 5.74) is 6.50. The smallest absolute Gasteiger partial charge is 0.123 e. The zero-order valence-corrected chi connectivity index (χ0v) is 16.6. The predicted octanol–water partition coefficient (Wildman–Crippen LogP) is 4.11. The molecule has 5 nitrogen and oxygen atoms in total. The third kappa shape index (κ3) is 3.52. The lowest BCUT2D eigenvalue weighted by molar-refractivity contribution is 0.197. The Morgan fingerprint density at radius 1 is 1.04 bits per heavy atom. The molecule has 1 fully saturated rings. The first-order valence-electron chi connectivity index (χ1n) is 9.76. The van der Waals surface area contributed by atoms with Crippen LogP contribution in [0.2, 0.25) is 0 Å². The van der Waals surface area contributed by atoms with Crippen molar-refractivity contribution in [2.24, 2.45) is 0 Å². The number of aryl methyl sites for hydroxylation is 2. The van der Waals surface area contributed by atoms with Gasteiger partial charge in [0.05, 0.1) is 17.1 Å². The van der Waals surface area contributed by atoms with E-state index in [4.69, 9.17) is 0 Å². The highest BCUT2D eigenvalue weighted by atomic mass is 19.1. The van der Waals surface area contributed by atoms with E-state index in [1.807, 2.05) is 6.07 Å². The molecule has 1 unspecified atom stereocenters. The fourth-order valence-electron chi connectivity index (χ4n) is 4.19. The Bertz CT molecular complexity index is 922. The number of aromatic amines is 1. The van der Waals surface area contributed by atoms with Crippen molar-refractivity contribution in [2.45, 2.75) is 26.8 Å². The van der Waals surface area contributed by atoms with Crippen LogP contribution in [0.5, 0.6) is 0 Å². The molecule has 146 valence electrons. The van der Waals surface area contributed by atoms with Gasteiger partial charge in [0.1, 0.15) is 5.82 Å². The number of hydrogen-bond acceptors (Lipinski definition) is 4. The van der Waals surface area contributed by atoms with Gasteiger partial charge in [-0.25, -0.2) is 4.39 Å². The van der Waals surface area contributed by atoms with Gasteiger partial charge in [0.2, 0.25) is 0 Å². The summed E-state index contributed by atoms with van der Waals surface area (Å²) >= 11 is 0. The summed E-state index contributed by atoms with van der Waals surface area (Å²) in [6.07, 6.45) is 1.80. The summed E-state index contributed by atoms with van der Waals surface area (Å²) in [7, 11) is 0. The van der Waals surface area contributed by atoms with Gasteiger partial charge in [-0.15, -0.1) is 0 Å². The Morgan fingerprint density at radius 3 is 2.39 bits per heavy atom. The minimum absolute atomic E-state index is 0.228. The number of nitrogens with one attached hydrogen (secondary N) is 1. The summed E-state index contributed by atoms with van der Waals surface area (Å²) in [6, 6.07) is 11.0. The molecule has 2 aromatic heterocycles. The van der Waals surface area contributed by atoms with Gasteiger partial charge in [0, 0.05) is 55.2 Å². The quantitative estimate of drug-likeness (QED) is 0.741. The molecule has 0 radical (unpaired) electrons. The second-order valence-electron chi connectivity index (χ2n) is 7.42. The fraction of sp³-hybridized carbons (Fsp3) is 0.364. The van der Waals surface area contributed by atoms with Crippen molar-refractivity contribution in [3.63, 3.8) is 0 Å². The number of halogens is 1. The summed E-state index contributed by atoms with van der Waals surface area (Å²) in [4.78, 5) is 9.47. The van der Waals surface area contributed by atoms with E-state index >= 15 is 0 Å². The Labute approximate surface area is 165 Å². The zero-order valence-electron chi connectivity index (χ0n) is 16.6. The highest BCUT2D eigenvalue weighted by Crippen LogP contribution is 2.31. The maximum absolute atomic E-state index is 13.3. The number of hydrogen-bond donors (Lipinski definition) is 1. The summed E-state index contributed by atoms with van der Waals surface area (Å²) in [5, 5.41) is 7.45. The van der Waals surface area contributed by atoms with E-state index in [1.54, 1.807) is 18.3 Å². The molecule has 0 bridgehead atoms. The Kier molecular flexibility index (Phi) is 5.13. The third-order valence-electron chi connectivity index (χ3n) is 5.71. The van der Waals surface area contributed by atoms with Gasteiger partial charge in [-0.2, -0.15) is 5.10 Å². The van der Waals surface area contributed by atoms with Crippen LogP contribution in [0.15, 0.2) is 42.6 Å². The van der Waals surface area contributed by atoms with E-state index in [9.17, 15) is 4.39 Å². The number of pyridine rings is 1. The monoisotopic (exact) mass is 379 g/mol. The second-order valence-corrected chi connectivity index (χ2v) is 7.42. The molecule has 6 heteroatoms. The van der Waals surface area contributed by atoms with Gasteiger partial charge < -0.3 is 4.90 Å². The van der Waals surface area contributed by atoms with Gasteiger partial charge in [-0.05, 0) is 57.2 Å². The fourth-order valence-corrected chi connectivity index (χ4v) is 4.19. The largest absolute Gasteiger partial charge is 0.367 e. The average molecular weight is 379 g/mol. The van der Waals surface area contributed by atoms with E-state index in [-0.39, 0.29) is 5.82 Å². The van der Waals surface area contributed by atoms with Crippen LogP contribution < -0.4 is 4.90 Å². The van der Waals surface area contributed by atoms with E-state index < -0.39 is 0 Å². The van der Waals surface area contributed by atoms with Crippen LogP contribution in [0.4, 0.5) is 10.1 Å².